The molecule has 1 aliphatic carbocycles. The van der Waals surface area contributed by atoms with Gasteiger partial charge in [-0.3, -0.25) is 9.69 Å². The van der Waals surface area contributed by atoms with Crippen LogP contribution >= 0.6 is 0 Å². The van der Waals surface area contributed by atoms with Crippen LogP contribution in [0.4, 0.5) is 19.0 Å². The van der Waals surface area contributed by atoms with E-state index in [-0.39, 0.29) is 24.3 Å². The average Bonchev–Trinajstić information content (AvgIpc) is 2.73. The normalized spacial score (nSPS) is 22.8. The highest BCUT2D eigenvalue weighted by Gasteiger charge is 2.35. The Morgan fingerprint density at radius 1 is 1.13 bits per heavy atom. The number of hydrogen-bond donors (Lipinski definition) is 3. The minimum Gasteiger partial charge on any atom is -0.360 e. The van der Waals surface area contributed by atoms with Crippen LogP contribution in [0.1, 0.15) is 31.2 Å². The van der Waals surface area contributed by atoms with Crippen molar-refractivity contribution in [3.05, 3.63) is 36.0 Å². The summed E-state index contributed by atoms with van der Waals surface area (Å²) < 4.78 is 39.1. The summed E-state index contributed by atoms with van der Waals surface area (Å²) in [6.07, 6.45) is 1.82. The molecule has 0 atom stereocenters. The Balaban J connectivity index is 1.27. The van der Waals surface area contributed by atoms with Crippen molar-refractivity contribution < 1.29 is 18.0 Å². The van der Waals surface area contributed by atoms with Crippen molar-refractivity contribution in [1.82, 2.24) is 20.5 Å². The molecular formula is C22H28F3N5O. The van der Waals surface area contributed by atoms with Crippen molar-refractivity contribution in [3.8, 4) is 0 Å². The van der Waals surface area contributed by atoms with Crippen molar-refractivity contribution in [1.29, 1.82) is 0 Å². The third-order valence-corrected chi connectivity index (χ3v) is 6.41. The van der Waals surface area contributed by atoms with E-state index >= 15 is 0 Å². The first-order chi connectivity index (χ1) is 14.8. The van der Waals surface area contributed by atoms with Crippen LogP contribution in [0.5, 0.6) is 0 Å². The van der Waals surface area contributed by atoms with Gasteiger partial charge < -0.3 is 16.0 Å². The molecule has 1 aromatic carbocycles. The van der Waals surface area contributed by atoms with Crippen LogP contribution in [0.3, 0.4) is 0 Å². The molecule has 6 nitrogen and oxygen atoms in total. The maximum absolute atomic E-state index is 13.0. The highest BCUT2D eigenvalue weighted by molar-refractivity contribution is 5.93. The van der Waals surface area contributed by atoms with Crippen LogP contribution in [0.25, 0.3) is 10.8 Å². The largest absolute Gasteiger partial charge is 0.416 e. The number of benzene rings is 1. The number of nitrogens with zero attached hydrogens (tertiary/aromatic N) is 2. The second-order valence-corrected chi connectivity index (χ2v) is 8.46. The Morgan fingerprint density at radius 3 is 2.55 bits per heavy atom. The maximum Gasteiger partial charge on any atom is 0.416 e. The number of nitrogens with one attached hydrogen (secondary N) is 3. The molecule has 0 radical (unpaired) electrons. The van der Waals surface area contributed by atoms with Gasteiger partial charge in [-0.05, 0) is 56.3 Å². The quantitative estimate of drug-likeness (QED) is 0.651. The molecule has 31 heavy (non-hydrogen) atoms. The van der Waals surface area contributed by atoms with Crippen LogP contribution in [0.2, 0.25) is 0 Å². The van der Waals surface area contributed by atoms with Gasteiger partial charge >= 0.3 is 6.18 Å². The van der Waals surface area contributed by atoms with Crippen molar-refractivity contribution in [3.63, 3.8) is 0 Å². The number of aromatic nitrogens is 1. The second kappa shape index (κ2) is 9.00. The van der Waals surface area contributed by atoms with Gasteiger partial charge in [0.2, 0.25) is 5.91 Å². The Kier molecular flexibility index (Phi) is 6.34. The van der Waals surface area contributed by atoms with Gasteiger partial charge in [0.25, 0.3) is 0 Å². The molecule has 0 unspecified atom stereocenters. The summed E-state index contributed by atoms with van der Waals surface area (Å²) in [7, 11) is 2.01. The fraction of sp³-hybridized carbons (Fsp3) is 0.545. The number of carbonyl (C=O) groups excluding carboxylic acids is 1. The fourth-order valence-electron chi connectivity index (χ4n) is 4.56. The lowest BCUT2D eigenvalue weighted by Crippen LogP contribution is -2.63. The predicted molar refractivity (Wildman–Crippen MR) is 114 cm³/mol. The minimum absolute atomic E-state index is 0.0356. The number of likely N-dealkylation sites (tertiary alicyclic amines) is 1. The highest BCUT2D eigenvalue weighted by Crippen LogP contribution is 2.33. The first-order valence-electron chi connectivity index (χ1n) is 10.7. The van der Waals surface area contributed by atoms with Gasteiger partial charge in [-0.1, -0.05) is 6.07 Å². The Bertz CT molecular complexity index is 921. The molecule has 2 fully saturated rings. The Hall–Kier alpha value is -2.39. The van der Waals surface area contributed by atoms with E-state index in [9.17, 15) is 18.0 Å². The summed E-state index contributed by atoms with van der Waals surface area (Å²) in [4.78, 5) is 18.9. The third-order valence-electron chi connectivity index (χ3n) is 6.41. The van der Waals surface area contributed by atoms with Gasteiger partial charge in [0, 0.05) is 36.8 Å². The fourth-order valence-corrected chi connectivity index (χ4v) is 4.56. The number of rotatable bonds is 6. The number of anilines is 1. The van der Waals surface area contributed by atoms with Crippen LogP contribution in [0, 0.1) is 0 Å². The van der Waals surface area contributed by atoms with E-state index in [2.05, 4.69) is 25.8 Å². The molecule has 1 aromatic heterocycles. The maximum atomic E-state index is 13.0. The van der Waals surface area contributed by atoms with E-state index in [1.54, 1.807) is 6.07 Å². The highest BCUT2D eigenvalue weighted by atomic mass is 19.4. The number of halogens is 3. The molecule has 168 valence electrons. The first-order valence-corrected chi connectivity index (χ1v) is 10.7. The van der Waals surface area contributed by atoms with Gasteiger partial charge in [-0.2, -0.15) is 13.2 Å². The summed E-state index contributed by atoms with van der Waals surface area (Å²) in [5, 5.41) is 10.2. The molecule has 2 aromatic rings. The zero-order valence-electron chi connectivity index (χ0n) is 17.5. The van der Waals surface area contributed by atoms with Gasteiger partial charge in [0.15, 0.2) is 0 Å². The van der Waals surface area contributed by atoms with E-state index in [0.29, 0.717) is 22.9 Å². The predicted octanol–water partition coefficient (Wildman–Crippen LogP) is 3.00. The van der Waals surface area contributed by atoms with Crippen LogP contribution in [-0.2, 0) is 11.0 Å². The van der Waals surface area contributed by atoms with E-state index in [1.807, 2.05) is 7.05 Å². The van der Waals surface area contributed by atoms with Gasteiger partial charge in [0.1, 0.15) is 5.82 Å². The molecule has 4 rings (SSSR count). The first kappa shape index (κ1) is 21.8. The molecule has 0 bridgehead atoms. The molecule has 1 saturated carbocycles. The number of alkyl halides is 3. The molecule has 3 N–H and O–H groups in total. The molecule has 2 heterocycles. The molecule has 2 aliphatic rings. The van der Waals surface area contributed by atoms with Crippen molar-refractivity contribution in [2.75, 3.05) is 32.0 Å². The summed E-state index contributed by atoms with van der Waals surface area (Å²) in [6.45, 7) is 1.66. The molecule has 1 amide bonds. The van der Waals surface area contributed by atoms with Crippen molar-refractivity contribution in [2.45, 2.75) is 50.0 Å². The zero-order chi connectivity index (χ0) is 22.0. The Labute approximate surface area is 179 Å². The van der Waals surface area contributed by atoms with Crippen molar-refractivity contribution >= 4 is 22.5 Å². The topological polar surface area (TPSA) is 69.3 Å². The van der Waals surface area contributed by atoms with Crippen molar-refractivity contribution in [2.24, 2.45) is 0 Å². The van der Waals surface area contributed by atoms with Crippen LogP contribution in [-0.4, -0.2) is 60.6 Å². The van der Waals surface area contributed by atoms with E-state index < -0.39 is 11.7 Å². The van der Waals surface area contributed by atoms with E-state index in [1.165, 1.54) is 37.9 Å². The van der Waals surface area contributed by atoms with Crippen LogP contribution in [0.15, 0.2) is 30.5 Å². The monoisotopic (exact) mass is 435 g/mol. The Morgan fingerprint density at radius 2 is 1.87 bits per heavy atom. The van der Waals surface area contributed by atoms with Crippen LogP contribution < -0.4 is 16.0 Å². The lowest BCUT2D eigenvalue weighted by molar-refractivity contribution is -0.137. The summed E-state index contributed by atoms with van der Waals surface area (Å²) in [5.74, 6) is 0.0876. The lowest BCUT2D eigenvalue weighted by Gasteiger charge is -2.46. The lowest BCUT2D eigenvalue weighted by atomic mass is 9.88. The number of carbonyl (C=O) groups is 1. The zero-order valence-corrected chi connectivity index (χ0v) is 17.5. The van der Waals surface area contributed by atoms with E-state index in [0.717, 1.165) is 25.2 Å². The third kappa shape index (κ3) is 5.10. The summed E-state index contributed by atoms with van der Waals surface area (Å²) in [5.41, 5.74) is -0.737. The number of amides is 1. The number of pyridine rings is 1. The molecule has 1 aliphatic heterocycles. The van der Waals surface area contributed by atoms with Gasteiger partial charge in [-0.25, -0.2) is 4.98 Å². The van der Waals surface area contributed by atoms with Gasteiger partial charge in [0.05, 0.1) is 18.2 Å². The molecular weight excluding hydrogens is 407 g/mol. The average molecular weight is 435 g/mol. The smallest absolute Gasteiger partial charge is 0.360 e. The van der Waals surface area contributed by atoms with Gasteiger partial charge in [-0.15, -0.1) is 0 Å². The molecule has 9 heteroatoms. The van der Waals surface area contributed by atoms with E-state index in [4.69, 9.17) is 0 Å². The minimum atomic E-state index is -4.43. The standard InChI is InChI=1S/C22H28F3N5O/c1-26-16-4-6-18(7-5-16)30-12-17(13-30)29-20(31)11-28-21-19-10-15(22(23,24)25)3-2-14(19)8-9-27-21/h2-3,8-10,16-18,26H,4-7,11-13H2,1H3,(H,27,28)(H,29,31)/t16-,18+. The second-order valence-electron chi connectivity index (χ2n) is 8.46. The molecule has 0 spiro atoms. The number of fused-ring (bicyclic) bond motifs is 1. The SMILES string of the molecule is CN[C@H]1CC[C@@H](N2CC(NC(=O)CNc3nccc4ccc(C(F)(F)F)cc34)C2)CC1. The molecule has 1 saturated heterocycles. The number of hydrogen-bond acceptors (Lipinski definition) is 5. The summed E-state index contributed by atoms with van der Waals surface area (Å²) >= 11 is 0. The summed E-state index contributed by atoms with van der Waals surface area (Å²) in [6, 6.07) is 6.51.